The third kappa shape index (κ3) is 3.20. The van der Waals surface area contributed by atoms with Crippen molar-refractivity contribution < 1.29 is 4.79 Å². The van der Waals surface area contributed by atoms with E-state index in [4.69, 9.17) is 11.6 Å². The van der Waals surface area contributed by atoms with Gasteiger partial charge in [-0.3, -0.25) is 4.79 Å². The minimum atomic E-state index is -0.0816. The molecule has 1 aliphatic heterocycles. The van der Waals surface area contributed by atoms with E-state index in [1.54, 1.807) is 6.07 Å². The van der Waals surface area contributed by atoms with E-state index in [1.807, 2.05) is 19.1 Å². The third-order valence-electron chi connectivity index (χ3n) is 3.08. The summed E-state index contributed by atoms with van der Waals surface area (Å²) in [6, 6.07) is 5.49. The fraction of sp³-hybridized carbons (Fsp3) is 0.462. The Balaban J connectivity index is 1.94. The third-order valence-corrected chi connectivity index (χ3v) is 3.40. The Morgan fingerprint density at radius 1 is 1.59 bits per heavy atom. The van der Waals surface area contributed by atoms with Crippen molar-refractivity contribution in [1.82, 2.24) is 10.6 Å². The molecule has 2 N–H and O–H groups in total. The molecule has 0 spiro atoms. The minimum Gasteiger partial charge on any atom is -0.352 e. The number of rotatable bonds is 3. The second kappa shape index (κ2) is 5.52. The maximum atomic E-state index is 11.9. The quantitative estimate of drug-likeness (QED) is 0.864. The Kier molecular flexibility index (Phi) is 4.02. The predicted molar refractivity (Wildman–Crippen MR) is 69.5 cm³/mol. The average molecular weight is 253 g/mol. The molecule has 1 amide bonds. The molecule has 17 heavy (non-hydrogen) atoms. The molecule has 3 nitrogen and oxygen atoms in total. The van der Waals surface area contributed by atoms with Crippen molar-refractivity contribution in [1.29, 1.82) is 0 Å². The van der Waals surface area contributed by atoms with Crippen molar-refractivity contribution in [3.8, 4) is 0 Å². The molecule has 0 saturated carbocycles. The first-order valence-corrected chi connectivity index (χ1v) is 6.29. The van der Waals surface area contributed by atoms with Crippen LogP contribution in [0, 0.1) is 12.8 Å². The summed E-state index contributed by atoms with van der Waals surface area (Å²) in [5, 5.41) is 6.74. The lowest BCUT2D eigenvalue weighted by Gasteiger charge is -2.11. The summed E-state index contributed by atoms with van der Waals surface area (Å²) >= 11 is 6.05. The normalized spacial score (nSPS) is 19.3. The van der Waals surface area contributed by atoms with Gasteiger partial charge in [0, 0.05) is 6.54 Å². The number of halogens is 1. The molecule has 4 heteroatoms. The molecule has 1 unspecified atom stereocenters. The van der Waals surface area contributed by atoms with E-state index in [0.717, 1.165) is 31.6 Å². The molecular weight excluding hydrogens is 236 g/mol. The highest BCUT2D eigenvalue weighted by Crippen LogP contribution is 2.17. The van der Waals surface area contributed by atoms with Gasteiger partial charge in [-0.15, -0.1) is 0 Å². The Morgan fingerprint density at radius 3 is 3.06 bits per heavy atom. The molecule has 1 atom stereocenters. The van der Waals surface area contributed by atoms with E-state index in [2.05, 4.69) is 10.6 Å². The number of carbonyl (C=O) groups is 1. The summed E-state index contributed by atoms with van der Waals surface area (Å²) in [6.07, 6.45) is 1.13. The minimum absolute atomic E-state index is 0.0816. The lowest BCUT2D eigenvalue weighted by Crippen LogP contribution is -2.30. The van der Waals surface area contributed by atoms with Gasteiger partial charge in [-0.05, 0) is 50.0 Å². The number of benzene rings is 1. The van der Waals surface area contributed by atoms with Crippen LogP contribution < -0.4 is 10.6 Å². The first kappa shape index (κ1) is 12.4. The molecule has 1 saturated heterocycles. The molecule has 92 valence electrons. The lowest BCUT2D eigenvalue weighted by molar-refractivity contribution is 0.0948. The van der Waals surface area contributed by atoms with Gasteiger partial charge in [0.05, 0.1) is 10.6 Å². The van der Waals surface area contributed by atoms with Gasteiger partial charge >= 0.3 is 0 Å². The first-order chi connectivity index (χ1) is 8.16. The monoisotopic (exact) mass is 252 g/mol. The number of hydrogen-bond donors (Lipinski definition) is 2. The highest BCUT2D eigenvalue weighted by Gasteiger charge is 2.16. The summed E-state index contributed by atoms with van der Waals surface area (Å²) in [4.78, 5) is 11.9. The second-order valence-corrected chi connectivity index (χ2v) is 4.96. The van der Waals surface area contributed by atoms with Gasteiger partial charge in [0.25, 0.3) is 5.91 Å². The van der Waals surface area contributed by atoms with Gasteiger partial charge in [0.15, 0.2) is 0 Å². The Hall–Kier alpha value is -1.06. The molecule has 0 radical (unpaired) electrons. The maximum absolute atomic E-state index is 11.9. The summed E-state index contributed by atoms with van der Waals surface area (Å²) in [7, 11) is 0. The van der Waals surface area contributed by atoms with Crippen molar-refractivity contribution in [2.75, 3.05) is 19.6 Å². The van der Waals surface area contributed by atoms with E-state index >= 15 is 0 Å². The molecule has 1 aromatic rings. The summed E-state index contributed by atoms with van der Waals surface area (Å²) < 4.78 is 0. The van der Waals surface area contributed by atoms with E-state index in [1.165, 1.54) is 0 Å². The number of hydrogen-bond acceptors (Lipinski definition) is 2. The highest BCUT2D eigenvalue weighted by atomic mass is 35.5. The molecule has 1 aliphatic rings. The molecule has 1 fully saturated rings. The SMILES string of the molecule is Cc1ccc(C(=O)NCC2CCNC2)c(Cl)c1. The smallest absolute Gasteiger partial charge is 0.252 e. The van der Waals surface area contributed by atoms with Gasteiger partial charge in [0.2, 0.25) is 0 Å². The van der Waals surface area contributed by atoms with Crippen LogP contribution in [0.2, 0.25) is 5.02 Å². The molecule has 1 heterocycles. The average Bonchev–Trinajstić information content (AvgIpc) is 2.78. The van der Waals surface area contributed by atoms with Crippen molar-refractivity contribution in [2.24, 2.45) is 5.92 Å². The Bertz CT molecular complexity index is 414. The highest BCUT2D eigenvalue weighted by molar-refractivity contribution is 6.33. The van der Waals surface area contributed by atoms with Crippen LogP contribution in [0.4, 0.5) is 0 Å². The molecule has 2 rings (SSSR count). The van der Waals surface area contributed by atoms with Gasteiger partial charge in [-0.25, -0.2) is 0 Å². The summed E-state index contributed by atoms with van der Waals surface area (Å²) in [5.41, 5.74) is 1.62. The van der Waals surface area contributed by atoms with Gasteiger partial charge in [-0.2, -0.15) is 0 Å². The topological polar surface area (TPSA) is 41.1 Å². The fourth-order valence-corrected chi connectivity index (χ4v) is 2.35. The summed E-state index contributed by atoms with van der Waals surface area (Å²) in [6.45, 7) is 4.71. The number of aryl methyl sites for hydroxylation is 1. The molecule has 1 aromatic carbocycles. The van der Waals surface area contributed by atoms with Crippen molar-refractivity contribution >= 4 is 17.5 Å². The van der Waals surface area contributed by atoms with Crippen LogP contribution in [-0.2, 0) is 0 Å². The number of nitrogens with one attached hydrogen (secondary N) is 2. The zero-order chi connectivity index (χ0) is 12.3. The van der Waals surface area contributed by atoms with E-state index in [0.29, 0.717) is 16.5 Å². The zero-order valence-corrected chi connectivity index (χ0v) is 10.7. The maximum Gasteiger partial charge on any atom is 0.252 e. The number of carbonyl (C=O) groups excluding carboxylic acids is 1. The van der Waals surface area contributed by atoms with Crippen LogP contribution in [0.1, 0.15) is 22.3 Å². The Morgan fingerprint density at radius 2 is 2.41 bits per heavy atom. The first-order valence-electron chi connectivity index (χ1n) is 5.92. The van der Waals surface area contributed by atoms with Gasteiger partial charge < -0.3 is 10.6 Å². The van der Waals surface area contributed by atoms with Crippen molar-refractivity contribution in [3.63, 3.8) is 0 Å². The van der Waals surface area contributed by atoms with Crippen LogP contribution >= 0.6 is 11.6 Å². The largest absolute Gasteiger partial charge is 0.352 e. The van der Waals surface area contributed by atoms with E-state index in [9.17, 15) is 4.79 Å². The fourth-order valence-electron chi connectivity index (χ4n) is 2.03. The van der Waals surface area contributed by atoms with Crippen molar-refractivity contribution in [2.45, 2.75) is 13.3 Å². The van der Waals surface area contributed by atoms with Crippen molar-refractivity contribution in [3.05, 3.63) is 34.3 Å². The van der Waals surface area contributed by atoms with E-state index in [-0.39, 0.29) is 5.91 Å². The van der Waals surface area contributed by atoms with Crippen LogP contribution in [0.25, 0.3) is 0 Å². The Labute approximate surface area is 107 Å². The summed E-state index contributed by atoms with van der Waals surface area (Å²) in [5.74, 6) is 0.463. The molecule has 0 bridgehead atoms. The van der Waals surface area contributed by atoms with Gasteiger partial charge in [0.1, 0.15) is 0 Å². The van der Waals surface area contributed by atoms with Crippen LogP contribution in [0.3, 0.4) is 0 Å². The lowest BCUT2D eigenvalue weighted by atomic mass is 10.1. The van der Waals surface area contributed by atoms with E-state index < -0.39 is 0 Å². The second-order valence-electron chi connectivity index (χ2n) is 4.55. The number of amides is 1. The zero-order valence-electron chi connectivity index (χ0n) is 9.92. The molecular formula is C13H17ClN2O. The predicted octanol–water partition coefficient (Wildman–Crippen LogP) is 1.99. The van der Waals surface area contributed by atoms with Crippen LogP contribution in [-0.4, -0.2) is 25.5 Å². The van der Waals surface area contributed by atoms with Crippen LogP contribution in [0.5, 0.6) is 0 Å². The van der Waals surface area contributed by atoms with Gasteiger partial charge in [-0.1, -0.05) is 17.7 Å². The molecule has 0 aromatic heterocycles. The molecule has 0 aliphatic carbocycles. The van der Waals surface area contributed by atoms with Crippen LogP contribution in [0.15, 0.2) is 18.2 Å². The standard InChI is InChI=1S/C13H17ClN2O/c1-9-2-3-11(12(14)6-9)13(17)16-8-10-4-5-15-7-10/h2-3,6,10,15H,4-5,7-8H2,1H3,(H,16,17).